The molecule has 1 amide bonds. The Balaban J connectivity index is 1.72. The van der Waals surface area contributed by atoms with Gasteiger partial charge in [0, 0.05) is 18.8 Å². The lowest BCUT2D eigenvalue weighted by Gasteiger charge is -2.23. The van der Waals surface area contributed by atoms with Gasteiger partial charge in [-0.3, -0.25) is 4.79 Å². The highest BCUT2D eigenvalue weighted by Crippen LogP contribution is 2.32. The second-order valence-corrected chi connectivity index (χ2v) is 6.46. The zero-order valence-electron chi connectivity index (χ0n) is 15.6. The number of carbonyl (C=O) groups excluding carboxylic acids is 1. The number of fused-ring (bicyclic) bond motifs is 1. The van der Waals surface area contributed by atoms with Gasteiger partial charge in [-0.2, -0.15) is 5.26 Å². The zero-order chi connectivity index (χ0) is 19.2. The van der Waals surface area contributed by atoms with Crippen LogP contribution in [0.3, 0.4) is 0 Å². The maximum Gasteiger partial charge on any atom is 0.246 e. The Kier molecular flexibility index (Phi) is 5.94. The summed E-state index contributed by atoms with van der Waals surface area (Å²) in [6, 6.07) is 15.3. The lowest BCUT2D eigenvalue weighted by atomic mass is 10.1. The molecule has 6 heteroatoms. The van der Waals surface area contributed by atoms with Crippen LogP contribution in [-0.4, -0.2) is 38.8 Å². The molecule has 6 nitrogen and oxygen atoms in total. The second-order valence-electron chi connectivity index (χ2n) is 6.46. The van der Waals surface area contributed by atoms with Gasteiger partial charge >= 0.3 is 0 Å². The standard InChI is InChI=1S/C21H23N3O3/c1-15-11-17-5-3-4-6-19(17)24(15)21(25)14-23-18-12-16(13-22)7-8-20(18)27-10-9-26-2/h3-8,12,15,23H,9-11,14H2,1-2H3. The molecule has 0 radical (unpaired) electrons. The van der Waals surface area contributed by atoms with Crippen molar-refractivity contribution in [3.8, 4) is 11.8 Å². The van der Waals surface area contributed by atoms with Crippen molar-refractivity contribution in [3.05, 3.63) is 53.6 Å². The number of carbonyl (C=O) groups is 1. The van der Waals surface area contributed by atoms with Crippen molar-refractivity contribution in [1.82, 2.24) is 0 Å². The number of ether oxygens (including phenoxy) is 2. The van der Waals surface area contributed by atoms with E-state index in [2.05, 4.69) is 17.5 Å². The van der Waals surface area contributed by atoms with Gasteiger partial charge in [-0.05, 0) is 43.2 Å². The first-order valence-corrected chi connectivity index (χ1v) is 8.93. The van der Waals surface area contributed by atoms with Crippen molar-refractivity contribution < 1.29 is 14.3 Å². The van der Waals surface area contributed by atoms with Gasteiger partial charge in [-0.1, -0.05) is 18.2 Å². The molecular weight excluding hydrogens is 342 g/mol. The van der Waals surface area contributed by atoms with Gasteiger partial charge < -0.3 is 19.7 Å². The lowest BCUT2D eigenvalue weighted by molar-refractivity contribution is -0.117. The van der Waals surface area contributed by atoms with E-state index in [1.807, 2.05) is 30.0 Å². The Morgan fingerprint density at radius 3 is 2.89 bits per heavy atom. The van der Waals surface area contributed by atoms with Gasteiger partial charge in [-0.25, -0.2) is 0 Å². The fourth-order valence-electron chi connectivity index (χ4n) is 3.30. The van der Waals surface area contributed by atoms with E-state index in [1.54, 1.807) is 25.3 Å². The first-order valence-electron chi connectivity index (χ1n) is 8.93. The summed E-state index contributed by atoms with van der Waals surface area (Å²) in [5, 5.41) is 12.3. The second kappa shape index (κ2) is 8.56. The topological polar surface area (TPSA) is 74.6 Å². The van der Waals surface area contributed by atoms with Gasteiger partial charge in [0.1, 0.15) is 12.4 Å². The van der Waals surface area contributed by atoms with Crippen LogP contribution in [-0.2, 0) is 16.0 Å². The maximum absolute atomic E-state index is 12.9. The van der Waals surface area contributed by atoms with Crippen molar-refractivity contribution in [2.45, 2.75) is 19.4 Å². The van der Waals surface area contributed by atoms with Crippen molar-refractivity contribution in [1.29, 1.82) is 5.26 Å². The smallest absolute Gasteiger partial charge is 0.246 e. The monoisotopic (exact) mass is 365 g/mol. The Bertz CT molecular complexity index is 860. The molecule has 27 heavy (non-hydrogen) atoms. The van der Waals surface area contributed by atoms with E-state index in [-0.39, 0.29) is 18.5 Å². The average molecular weight is 365 g/mol. The van der Waals surface area contributed by atoms with Crippen LogP contribution in [0, 0.1) is 11.3 Å². The molecule has 1 aliphatic rings. The molecule has 1 N–H and O–H groups in total. The van der Waals surface area contributed by atoms with Crippen LogP contribution >= 0.6 is 0 Å². The molecule has 1 heterocycles. The first-order chi connectivity index (χ1) is 13.1. The molecule has 2 aromatic carbocycles. The van der Waals surface area contributed by atoms with E-state index >= 15 is 0 Å². The fraction of sp³-hybridized carbons (Fsp3) is 0.333. The SMILES string of the molecule is COCCOc1ccc(C#N)cc1NCC(=O)N1c2ccccc2CC1C. The first kappa shape index (κ1) is 18.7. The highest BCUT2D eigenvalue weighted by molar-refractivity contribution is 5.98. The molecule has 0 bridgehead atoms. The van der Waals surface area contributed by atoms with Crippen molar-refractivity contribution in [2.75, 3.05) is 37.1 Å². The third-order valence-corrected chi connectivity index (χ3v) is 4.56. The van der Waals surface area contributed by atoms with Crippen LogP contribution in [0.1, 0.15) is 18.1 Å². The number of nitrogens with one attached hydrogen (secondary N) is 1. The fourth-order valence-corrected chi connectivity index (χ4v) is 3.30. The molecule has 0 spiro atoms. The van der Waals surface area contributed by atoms with Crippen molar-refractivity contribution in [2.24, 2.45) is 0 Å². The van der Waals surface area contributed by atoms with E-state index in [9.17, 15) is 4.79 Å². The van der Waals surface area contributed by atoms with Crippen LogP contribution in [0.15, 0.2) is 42.5 Å². The molecule has 140 valence electrons. The summed E-state index contributed by atoms with van der Waals surface area (Å²) in [5.41, 5.74) is 3.29. The number of nitriles is 1. The predicted octanol–water partition coefficient (Wildman–Crippen LogP) is 2.97. The summed E-state index contributed by atoms with van der Waals surface area (Å²) in [6.45, 7) is 3.02. The van der Waals surface area contributed by atoms with Gasteiger partial charge in [0.05, 0.1) is 30.5 Å². The zero-order valence-corrected chi connectivity index (χ0v) is 15.6. The number of nitrogens with zero attached hydrogens (tertiary/aromatic N) is 2. The third kappa shape index (κ3) is 4.21. The van der Waals surface area contributed by atoms with Crippen LogP contribution < -0.4 is 15.0 Å². The van der Waals surface area contributed by atoms with Gasteiger partial charge in [-0.15, -0.1) is 0 Å². The molecule has 3 rings (SSSR count). The number of rotatable bonds is 7. The minimum absolute atomic E-state index is 0.0161. The molecule has 0 aliphatic carbocycles. The molecule has 0 saturated heterocycles. The third-order valence-electron chi connectivity index (χ3n) is 4.56. The number of benzene rings is 2. The molecule has 2 aromatic rings. The number of hydrogen-bond donors (Lipinski definition) is 1. The van der Waals surface area contributed by atoms with Crippen molar-refractivity contribution in [3.63, 3.8) is 0 Å². The van der Waals surface area contributed by atoms with Crippen molar-refractivity contribution >= 4 is 17.3 Å². The summed E-state index contributed by atoms with van der Waals surface area (Å²) >= 11 is 0. The Hall–Kier alpha value is -3.04. The Morgan fingerprint density at radius 2 is 2.11 bits per heavy atom. The molecule has 0 aromatic heterocycles. The summed E-state index contributed by atoms with van der Waals surface area (Å²) in [6.07, 6.45) is 0.858. The minimum Gasteiger partial charge on any atom is -0.489 e. The normalized spacial score (nSPS) is 15.1. The molecule has 0 saturated carbocycles. The van der Waals surface area contributed by atoms with Gasteiger partial charge in [0.2, 0.25) is 5.91 Å². The number of para-hydroxylation sites is 1. The largest absolute Gasteiger partial charge is 0.489 e. The molecule has 1 atom stereocenters. The quantitative estimate of drug-likeness (QED) is 0.764. The molecule has 1 unspecified atom stereocenters. The van der Waals surface area contributed by atoms with Crippen LogP contribution in [0.4, 0.5) is 11.4 Å². The van der Waals surface area contributed by atoms with E-state index in [0.29, 0.717) is 30.2 Å². The van der Waals surface area contributed by atoms with Crippen LogP contribution in [0.5, 0.6) is 5.75 Å². The summed E-state index contributed by atoms with van der Waals surface area (Å²) in [7, 11) is 1.61. The predicted molar refractivity (Wildman–Crippen MR) is 104 cm³/mol. The number of amides is 1. The molecular formula is C21H23N3O3. The highest BCUT2D eigenvalue weighted by Gasteiger charge is 2.30. The summed E-state index contributed by atoms with van der Waals surface area (Å²) in [4.78, 5) is 14.7. The van der Waals surface area contributed by atoms with E-state index in [4.69, 9.17) is 14.7 Å². The van der Waals surface area contributed by atoms with Crippen LogP contribution in [0.2, 0.25) is 0 Å². The number of hydrogen-bond acceptors (Lipinski definition) is 5. The maximum atomic E-state index is 12.9. The minimum atomic E-state index is -0.0161. The average Bonchev–Trinajstić information content (AvgIpc) is 3.02. The Morgan fingerprint density at radius 1 is 1.30 bits per heavy atom. The van der Waals surface area contributed by atoms with Crippen LogP contribution in [0.25, 0.3) is 0 Å². The van der Waals surface area contributed by atoms with E-state index < -0.39 is 0 Å². The van der Waals surface area contributed by atoms with Gasteiger partial charge in [0.15, 0.2) is 0 Å². The van der Waals surface area contributed by atoms with E-state index in [0.717, 1.165) is 12.1 Å². The van der Waals surface area contributed by atoms with E-state index in [1.165, 1.54) is 5.56 Å². The highest BCUT2D eigenvalue weighted by atomic mass is 16.5. The van der Waals surface area contributed by atoms with Gasteiger partial charge in [0.25, 0.3) is 0 Å². The number of methoxy groups -OCH3 is 1. The summed E-state index contributed by atoms with van der Waals surface area (Å²) < 4.78 is 10.7. The molecule has 1 aliphatic heterocycles. The lowest BCUT2D eigenvalue weighted by Crippen LogP contribution is -2.39. The Labute approximate surface area is 159 Å². The number of anilines is 2. The molecule has 0 fully saturated rings. The summed E-state index contributed by atoms with van der Waals surface area (Å²) in [5.74, 6) is 0.575.